The normalized spacial score (nSPS) is 15.9. The molecular formula is C17H25N3O3. The number of carbonyl (C=O) groups excluding carboxylic acids is 1. The third kappa shape index (κ3) is 4.51. The zero-order valence-electron chi connectivity index (χ0n) is 13.9. The summed E-state index contributed by atoms with van der Waals surface area (Å²) in [6.07, 6.45) is 1.99. The number of amides is 1. The summed E-state index contributed by atoms with van der Waals surface area (Å²) in [5, 5.41) is 10.8. The van der Waals surface area contributed by atoms with Crippen LogP contribution in [0.3, 0.4) is 0 Å². The highest BCUT2D eigenvalue weighted by molar-refractivity contribution is 5.94. The summed E-state index contributed by atoms with van der Waals surface area (Å²) in [7, 11) is 0. The third-order valence-corrected chi connectivity index (χ3v) is 4.62. The highest BCUT2D eigenvalue weighted by Gasteiger charge is 2.25. The Bertz CT molecular complexity index is 550. The van der Waals surface area contributed by atoms with Crippen molar-refractivity contribution >= 4 is 11.6 Å². The largest absolute Gasteiger partial charge is 0.339 e. The van der Waals surface area contributed by atoms with E-state index in [-0.39, 0.29) is 11.6 Å². The molecule has 1 aromatic rings. The number of nitro groups is 1. The minimum absolute atomic E-state index is 0.0349. The lowest BCUT2D eigenvalue weighted by Crippen LogP contribution is -2.41. The van der Waals surface area contributed by atoms with Gasteiger partial charge in [-0.15, -0.1) is 0 Å². The molecule has 6 heteroatoms. The molecule has 1 aliphatic heterocycles. The maximum Gasteiger partial charge on any atom is 0.270 e. The molecule has 1 fully saturated rings. The Hall–Kier alpha value is -1.95. The van der Waals surface area contributed by atoms with Crippen LogP contribution in [0.5, 0.6) is 0 Å². The number of nitrogens with zero attached hydrogens (tertiary/aromatic N) is 3. The minimum atomic E-state index is -0.465. The predicted octanol–water partition coefficient (Wildman–Crippen LogP) is 2.79. The molecule has 0 spiro atoms. The van der Waals surface area contributed by atoms with Gasteiger partial charge >= 0.3 is 0 Å². The van der Waals surface area contributed by atoms with E-state index in [0.29, 0.717) is 11.5 Å². The molecule has 0 unspecified atom stereocenters. The van der Waals surface area contributed by atoms with Crippen LogP contribution < -0.4 is 0 Å². The van der Waals surface area contributed by atoms with Crippen molar-refractivity contribution in [3.63, 3.8) is 0 Å². The summed E-state index contributed by atoms with van der Waals surface area (Å²) in [6, 6.07) is 5.99. The van der Waals surface area contributed by atoms with Crippen molar-refractivity contribution in [1.82, 2.24) is 9.80 Å². The third-order valence-electron chi connectivity index (χ3n) is 4.62. The maximum atomic E-state index is 12.5. The standard InChI is InChI=1S/C17H25N3O3/c1-3-18(4-2)13-14-8-10-19(11-9-14)17(21)15-6-5-7-16(12-15)20(22)23/h5-7,12,14H,3-4,8-11,13H2,1-2H3. The van der Waals surface area contributed by atoms with E-state index in [4.69, 9.17) is 0 Å². The van der Waals surface area contributed by atoms with E-state index in [1.165, 1.54) is 12.1 Å². The first kappa shape index (κ1) is 17.4. The molecule has 0 saturated carbocycles. The van der Waals surface area contributed by atoms with Crippen molar-refractivity contribution < 1.29 is 9.72 Å². The van der Waals surface area contributed by atoms with E-state index in [9.17, 15) is 14.9 Å². The average Bonchev–Trinajstić information content (AvgIpc) is 2.59. The van der Waals surface area contributed by atoms with Crippen LogP contribution in [0.2, 0.25) is 0 Å². The molecular weight excluding hydrogens is 294 g/mol. The van der Waals surface area contributed by atoms with Gasteiger partial charge in [0.05, 0.1) is 4.92 Å². The van der Waals surface area contributed by atoms with Gasteiger partial charge in [-0.2, -0.15) is 0 Å². The number of rotatable bonds is 6. The number of hydrogen-bond donors (Lipinski definition) is 0. The molecule has 1 aliphatic rings. The van der Waals surface area contributed by atoms with Gasteiger partial charge in [0.15, 0.2) is 0 Å². The minimum Gasteiger partial charge on any atom is -0.339 e. The smallest absolute Gasteiger partial charge is 0.270 e. The van der Waals surface area contributed by atoms with Crippen LogP contribution in [0.25, 0.3) is 0 Å². The van der Waals surface area contributed by atoms with Crippen molar-refractivity contribution in [2.24, 2.45) is 5.92 Å². The molecule has 1 aromatic carbocycles. The van der Waals surface area contributed by atoms with Crippen LogP contribution in [0.1, 0.15) is 37.0 Å². The first-order chi connectivity index (χ1) is 11.0. The number of piperidine rings is 1. The SMILES string of the molecule is CCN(CC)CC1CCN(C(=O)c2cccc([N+](=O)[O-])c2)CC1. The van der Waals surface area contributed by atoms with Crippen LogP contribution in [0.15, 0.2) is 24.3 Å². The molecule has 1 amide bonds. The number of likely N-dealkylation sites (tertiary alicyclic amines) is 1. The molecule has 0 bridgehead atoms. The second-order valence-corrected chi connectivity index (χ2v) is 6.03. The molecule has 0 aromatic heterocycles. The molecule has 23 heavy (non-hydrogen) atoms. The van der Waals surface area contributed by atoms with E-state index < -0.39 is 4.92 Å². The van der Waals surface area contributed by atoms with Crippen LogP contribution >= 0.6 is 0 Å². The fourth-order valence-corrected chi connectivity index (χ4v) is 3.10. The van der Waals surface area contributed by atoms with Gasteiger partial charge in [0.2, 0.25) is 0 Å². The van der Waals surface area contributed by atoms with Crippen LogP contribution in [0.4, 0.5) is 5.69 Å². The predicted molar refractivity (Wildman–Crippen MR) is 89.5 cm³/mol. The molecule has 0 atom stereocenters. The first-order valence-corrected chi connectivity index (χ1v) is 8.31. The Morgan fingerprint density at radius 3 is 2.52 bits per heavy atom. The topological polar surface area (TPSA) is 66.7 Å². The fraction of sp³-hybridized carbons (Fsp3) is 0.588. The van der Waals surface area contributed by atoms with E-state index in [1.54, 1.807) is 12.1 Å². The molecule has 2 rings (SSSR count). The summed E-state index contributed by atoms with van der Waals surface area (Å²) in [5.74, 6) is 0.527. The molecule has 1 heterocycles. The molecule has 0 radical (unpaired) electrons. The van der Waals surface area contributed by atoms with E-state index in [2.05, 4.69) is 18.7 Å². The summed E-state index contributed by atoms with van der Waals surface area (Å²) in [4.78, 5) is 27.1. The average molecular weight is 319 g/mol. The Balaban J connectivity index is 1.93. The van der Waals surface area contributed by atoms with Gasteiger partial charge in [-0.3, -0.25) is 14.9 Å². The highest BCUT2D eigenvalue weighted by atomic mass is 16.6. The Morgan fingerprint density at radius 1 is 1.30 bits per heavy atom. The molecule has 1 saturated heterocycles. The molecule has 6 nitrogen and oxygen atoms in total. The van der Waals surface area contributed by atoms with Crippen molar-refractivity contribution in [3.8, 4) is 0 Å². The van der Waals surface area contributed by atoms with E-state index in [0.717, 1.165) is 45.6 Å². The van der Waals surface area contributed by atoms with Crippen molar-refractivity contribution in [3.05, 3.63) is 39.9 Å². The number of benzene rings is 1. The van der Waals surface area contributed by atoms with E-state index >= 15 is 0 Å². The second-order valence-electron chi connectivity index (χ2n) is 6.03. The summed E-state index contributed by atoms with van der Waals surface area (Å²) in [5.41, 5.74) is 0.369. The van der Waals surface area contributed by atoms with Gasteiger partial charge in [-0.05, 0) is 37.9 Å². The Kier molecular flexibility index (Phi) is 6.10. The number of hydrogen-bond acceptors (Lipinski definition) is 4. The van der Waals surface area contributed by atoms with E-state index in [1.807, 2.05) is 4.90 Å². The molecule has 126 valence electrons. The van der Waals surface area contributed by atoms with Gasteiger partial charge in [0, 0.05) is 37.3 Å². The summed E-state index contributed by atoms with van der Waals surface area (Å²) < 4.78 is 0. The highest BCUT2D eigenvalue weighted by Crippen LogP contribution is 2.21. The number of nitro benzene ring substituents is 1. The van der Waals surface area contributed by atoms with Gasteiger partial charge < -0.3 is 9.80 Å². The zero-order valence-corrected chi connectivity index (χ0v) is 13.9. The van der Waals surface area contributed by atoms with Gasteiger partial charge in [-0.1, -0.05) is 19.9 Å². The van der Waals surface area contributed by atoms with Crippen LogP contribution in [-0.2, 0) is 0 Å². The lowest BCUT2D eigenvalue weighted by molar-refractivity contribution is -0.384. The van der Waals surface area contributed by atoms with Crippen LogP contribution in [0, 0.1) is 16.0 Å². The van der Waals surface area contributed by atoms with Crippen molar-refractivity contribution in [2.45, 2.75) is 26.7 Å². The maximum absolute atomic E-state index is 12.5. The fourth-order valence-electron chi connectivity index (χ4n) is 3.10. The molecule has 0 N–H and O–H groups in total. The van der Waals surface area contributed by atoms with Gasteiger partial charge in [-0.25, -0.2) is 0 Å². The lowest BCUT2D eigenvalue weighted by Gasteiger charge is -2.34. The number of carbonyl (C=O) groups is 1. The molecule has 0 aliphatic carbocycles. The summed E-state index contributed by atoms with van der Waals surface area (Å²) in [6.45, 7) is 9.01. The Labute approximate surface area is 137 Å². The Morgan fingerprint density at radius 2 is 1.96 bits per heavy atom. The summed E-state index contributed by atoms with van der Waals surface area (Å²) >= 11 is 0. The van der Waals surface area contributed by atoms with Crippen LogP contribution in [-0.4, -0.2) is 53.4 Å². The first-order valence-electron chi connectivity index (χ1n) is 8.31. The monoisotopic (exact) mass is 319 g/mol. The van der Waals surface area contributed by atoms with Crippen molar-refractivity contribution in [1.29, 1.82) is 0 Å². The van der Waals surface area contributed by atoms with Crippen molar-refractivity contribution in [2.75, 3.05) is 32.7 Å². The number of non-ortho nitro benzene ring substituents is 1. The van der Waals surface area contributed by atoms with Gasteiger partial charge in [0.1, 0.15) is 0 Å². The quantitative estimate of drug-likeness (QED) is 0.597. The zero-order chi connectivity index (χ0) is 16.8. The second kappa shape index (κ2) is 8.06. The van der Waals surface area contributed by atoms with Gasteiger partial charge in [0.25, 0.3) is 11.6 Å². The lowest BCUT2D eigenvalue weighted by atomic mass is 9.95.